The number of likely N-dealkylation sites (tertiary alicyclic amines) is 1. The number of hydrogen-bond donors (Lipinski definition) is 2. The minimum absolute atomic E-state index is 0. The van der Waals surface area contributed by atoms with Gasteiger partial charge in [-0.25, -0.2) is 0 Å². The molecule has 1 saturated carbocycles. The predicted molar refractivity (Wildman–Crippen MR) is 104 cm³/mol. The molecule has 4 atom stereocenters. The van der Waals surface area contributed by atoms with Crippen molar-refractivity contribution in [1.29, 1.82) is 0 Å². The van der Waals surface area contributed by atoms with Crippen LogP contribution in [-0.2, 0) is 9.59 Å². The number of nitrogens with zero attached hydrogens (tertiary/aromatic N) is 2. The van der Waals surface area contributed by atoms with E-state index in [4.69, 9.17) is 5.73 Å². The molecule has 2 bridgehead atoms. The third-order valence-electron chi connectivity index (χ3n) is 5.22. The van der Waals surface area contributed by atoms with Crippen molar-refractivity contribution < 1.29 is 9.59 Å². The molecule has 134 valence electrons. The van der Waals surface area contributed by atoms with Crippen molar-refractivity contribution in [2.45, 2.75) is 32.6 Å². The van der Waals surface area contributed by atoms with Crippen LogP contribution in [0.3, 0.4) is 0 Å². The third-order valence-corrected chi connectivity index (χ3v) is 5.22. The van der Waals surface area contributed by atoms with E-state index >= 15 is 0 Å². The Labute approximate surface area is 160 Å². The summed E-state index contributed by atoms with van der Waals surface area (Å²) in [6, 6.07) is 0. The highest BCUT2D eigenvalue weighted by Crippen LogP contribution is 2.52. The van der Waals surface area contributed by atoms with Crippen LogP contribution in [0.25, 0.3) is 0 Å². The molecule has 0 spiro atoms. The summed E-state index contributed by atoms with van der Waals surface area (Å²) in [5.41, 5.74) is 5.77. The lowest BCUT2D eigenvalue weighted by atomic mass is 9.85. The average Bonchev–Trinajstić information content (AvgIpc) is 3.20. The molecule has 0 aromatic heterocycles. The minimum Gasteiger partial charge on any atom is -0.370 e. The summed E-state index contributed by atoms with van der Waals surface area (Å²) in [5.74, 6) is 0.857. The van der Waals surface area contributed by atoms with E-state index in [0.717, 1.165) is 25.8 Å². The summed E-state index contributed by atoms with van der Waals surface area (Å²) >= 11 is 0. The van der Waals surface area contributed by atoms with Crippen LogP contribution in [0, 0.1) is 23.7 Å². The summed E-state index contributed by atoms with van der Waals surface area (Å²) in [6.07, 6.45) is 8.05. The van der Waals surface area contributed by atoms with Gasteiger partial charge in [-0.05, 0) is 31.1 Å². The van der Waals surface area contributed by atoms with Crippen molar-refractivity contribution in [3.63, 3.8) is 0 Å². The van der Waals surface area contributed by atoms with Crippen molar-refractivity contribution in [1.82, 2.24) is 10.2 Å². The van der Waals surface area contributed by atoms with E-state index in [-0.39, 0.29) is 59.5 Å². The zero-order chi connectivity index (χ0) is 16.4. The highest BCUT2D eigenvalue weighted by atomic mass is 127. The normalized spacial score (nSPS) is 30.7. The van der Waals surface area contributed by atoms with E-state index in [1.54, 1.807) is 0 Å². The second-order valence-corrected chi connectivity index (χ2v) is 6.73. The van der Waals surface area contributed by atoms with Gasteiger partial charge in [0.25, 0.3) is 0 Å². The number of fused-ring (bicyclic) bond motifs is 5. The molecule has 1 aliphatic heterocycles. The highest BCUT2D eigenvalue weighted by Gasteiger charge is 2.58. The lowest BCUT2D eigenvalue weighted by Gasteiger charge is -2.16. The van der Waals surface area contributed by atoms with Gasteiger partial charge in [-0.1, -0.05) is 25.5 Å². The Kier molecular flexibility index (Phi) is 6.65. The maximum Gasteiger partial charge on any atom is 0.233 e. The van der Waals surface area contributed by atoms with Crippen LogP contribution >= 0.6 is 24.0 Å². The van der Waals surface area contributed by atoms with Crippen LogP contribution in [0.1, 0.15) is 32.6 Å². The van der Waals surface area contributed by atoms with Crippen LogP contribution in [0.15, 0.2) is 17.1 Å². The molecule has 4 unspecified atom stereocenters. The number of unbranched alkanes of at least 4 members (excludes halogenated alkanes) is 1. The molecule has 7 heteroatoms. The van der Waals surface area contributed by atoms with Gasteiger partial charge in [-0.2, -0.15) is 0 Å². The molecule has 2 fully saturated rings. The standard InChI is InChI=1S/C17H26N4O2.HI/c1-2-3-7-19-17(18)20-8-4-9-21-15(22)13-11-5-6-12(10-11)14(13)16(21)23;/h5-6,11-14H,2-4,7-10H2,1H3,(H3,18,19,20);1H. The second-order valence-electron chi connectivity index (χ2n) is 6.73. The summed E-state index contributed by atoms with van der Waals surface area (Å²) in [6.45, 7) is 3.93. The minimum atomic E-state index is -0.0956. The smallest absolute Gasteiger partial charge is 0.233 e. The second kappa shape index (κ2) is 8.31. The van der Waals surface area contributed by atoms with Crippen LogP contribution in [0.2, 0.25) is 0 Å². The van der Waals surface area contributed by atoms with Gasteiger partial charge in [0.2, 0.25) is 11.8 Å². The van der Waals surface area contributed by atoms with Crippen LogP contribution in [0.5, 0.6) is 0 Å². The van der Waals surface area contributed by atoms with Gasteiger partial charge in [0.1, 0.15) is 0 Å². The Hall–Kier alpha value is -1.12. The Morgan fingerprint density at radius 3 is 2.46 bits per heavy atom. The van der Waals surface area contributed by atoms with E-state index in [0.29, 0.717) is 25.5 Å². The summed E-state index contributed by atoms with van der Waals surface area (Å²) in [5, 5.41) is 3.05. The van der Waals surface area contributed by atoms with Gasteiger partial charge >= 0.3 is 0 Å². The molecule has 0 aromatic rings. The van der Waals surface area contributed by atoms with Gasteiger partial charge < -0.3 is 11.1 Å². The first-order valence-electron chi connectivity index (χ1n) is 8.70. The number of nitrogens with one attached hydrogen (secondary N) is 1. The fourth-order valence-corrected chi connectivity index (χ4v) is 4.06. The van der Waals surface area contributed by atoms with Crippen molar-refractivity contribution in [3.05, 3.63) is 12.2 Å². The Balaban J connectivity index is 0.00000208. The molecule has 0 radical (unpaired) electrons. The Bertz CT molecular complexity index is 519. The zero-order valence-electron chi connectivity index (χ0n) is 14.1. The van der Waals surface area contributed by atoms with Gasteiger partial charge in [-0.3, -0.25) is 19.5 Å². The fourth-order valence-electron chi connectivity index (χ4n) is 4.06. The molecule has 0 aromatic carbocycles. The van der Waals surface area contributed by atoms with E-state index in [2.05, 4.69) is 29.4 Å². The molecule has 6 nitrogen and oxygen atoms in total. The van der Waals surface area contributed by atoms with Gasteiger partial charge in [0.05, 0.1) is 11.8 Å². The molecular weight excluding hydrogens is 419 g/mol. The lowest BCUT2D eigenvalue weighted by Crippen LogP contribution is -2.35. The number of nitrogens with two attached hydrogens (primary N) is 1. The number of halogens is 1. The number of carbonyl (C=O) groups excluding carboxylic acids is 2. The molecule has 3 aliphatic rings. The molecule has 1 saturated heterocycles. The SMILES string of the molecule is CCCCNC(N)=NCCCN1C(=O)C2C3C=CC(C3)C2C1=O.I. The van der Waals surface area contributed by atoms with Crippen LogP contribution in [-0.4, -0.2) is 42.3 Å². The van der Waals surface area contributed by atoms with Crippen molar-refractivity contribution in [2.75, 3.05) is 19.6 Å². The largest absolute Gasteiger partial charge is 0.370 e. The predicted octanol–water partition coefficient (Wildman–Crippen LogP) is 1.51. The molecular formula is C17H27IN4O2. The number of aliphatic imine (C=N–C) groups is 1. The van der Waals surface area contributed by atoms with Crippen LogP contribution in [0.4, 0.5) is 0 Å². The van der Waals surface area contributed by atoms with E-state index < -0.39 is 0 Å². The third kappa shape index (κ3) is 3.60. The molecule has 24 heavy (non-hydrogen) atoms. The first kappa shape index (κ1) is 19.2. The summed E-state index contributed by atoms with van der Waals surface area (Å²) < 4.78 is 0. The zero-order valence-corrected chi connectivity index (χ0v) is 16.4. The number of rotatable bonds is 7. The number of amides is 2. The number of carbonyl (C=O) groups is 2. The lowest BCUT2D eigenvalue weighted by molar-refractivity contribution is -0.140. The van der Waals surface area contributed by atoms with E-state index in [9.17, 15) is 9.59 Å². The average molecular weight is 446 g/mol. The van der Waals surface area contributed by atoms with Crippen molar-refractivity contribution in [2.24, 2.45) is 34.4 Å². The highest BCUT2D eigenvalue weighted by molar-refractivity contribution is 14.0. The molecule has 2 amide bonds. The Morgan fingerprint density at radius 1 is 1.25 bits per heavy atom. The van der Waals surface area contributed by atoms with Crippen molar-refractivity contribution in [3.8, 4) is 0 Å². The maximum absolute atomic E-state index is 12.5. The van der Waals surface area contributed by atoms with Gasteiger partial charge in [0.15, 0.2) is 5.96 Å². The molecule has 3 rings (SSSR count). The van der Waals surface area contributed by atoms with Gasteiger partial charge in [0, 0.05) is 19.6 Å². The van der Waals surface area contributed by atoms with Gasteiger partial charge in [-0.15, -0.1) is 24.0 Å². The summed E-state index contributed by atoms with van der Waals surface area (Å²) in [7, 11) is 0. The number of hydrogen-bond acceptors (Lipinski definition) is 3. The fraction of sp³-hybridized carbons (Fsp3) is 0.706. The van der Waals surface area contributed by atoms with Crippen molar-refractivity contribution >= 4 is 41.8 Å². The number of allylic oxidation sites excluding steroid dienone is 2. The van der Waals surface area contributed by atoms with E-state index in [1.807, 2.05) is 0 Å². The van der Waals surface area contributed by atoms with Crippen LogP contribution < -0.4 is 11.1 Å². The molecule has 2 aliphatic carbocycles. The summed E-state index contributed by atoms with van der Waals surface area (Å²) in [4.78, 5) is 30.7. The monoisotopic (exact) mass is 446 g/mol. The first-order chi connectivity index (χ1) is 11.1. The first-order valence-corrected chi connectivity index (χ1v) is 8.70. The quantitative estimate of drug-likeness (QED) is 0.155. The maximum atomic E-state index is 12.5. The Morgan fingerprint density at radius 2 is 1.88 bits per heavy atom. The number of imide groups is 1. The topological polar surface area (TPSA) is 87.8 Å². The molecule has 3 N–H and O–H groups in total. The van der Waals surface area contributed by atoms with E-state index in [1.165, 1.54) is 4.90 Å². The number of guanidine groups is 1. The molecule has 1 heterocycles.